The van der Waals surface area contributed by atoms with E-state index in [1.807, 2.05) is 54.8 Å². The molecule has 0 spiro atoms. The molecule has 1 aliphatic carbocycles. The van der Waals surface area contributed by atoms with Gasteiger partial charge in [-0.3, -0.25) is 9.36 Å². The lowest BCUT2D eigenvalue weighted by Crippen LogP contribution is -2.41. The van der Waals surface area contributed by atoms with Crippen molar-refractivity contribution < 1.29 is 4.79 Å². The van der Waals surface area contributed by atoms with E-state index in [1.165, 1.54) is 42.8 Å². The monoisotopic (exact) mass is 482 g/mol. The number of carbonyl (C=O) groups excluding carboxylic acids is 1. The van der Waals surface area contributed by atoms with Crippen LogP contribution in [0.3, 0.4) is 0 Å². The minimum Gasteiger partial charge on any atom is -0.352 e. The minimum atomic E-state index is 0.0564. The van der Waals surface area contributed by atoms with E-state index in [1.54, 1.807) is 0 Å². The molecule has 9 heteroatoms. The molecule has 0 aliphatic heterocycles. The maximum atomic E-state index is 12.6. The standard InChI is InChI=1S/C24H30N6OS2/c1-16-9-7-8-12-20(16)27-22(31)15-33-24-29-28-21(30(24)19-10-5-4-6-11-19)14-32-23-25-17(2)13-18(3)26-23/h4-6,10-11,13,16,20H,7-9,12,14-15H2,1-3H3,(H,27,31)/t16-,20-/m1/s1. The fourth-order valence-corrected chi connectivity index (χ4v) is 5.76. The van der Waals surface area contributed by atoms with E-state index in [2.05, 4.69) is 32.4 Å². The van der Waals surface area contributed by atoms with Crippen LogP contribution in [0.4, 0.5) is 0 Å². The van der Waals surface area contributed by atoms with Gasteiger partial charge < -0.3 is 5.32 Å². The summed E-state index contributed by atoms with van der Waals surface area (Å²) in [4.78, 5) is 21.7. The highest BCUT2D eigenvalue weighted by atomic mass is 32.2. The van der Waals surface area contributed by atoms with Crippen molar-refractivity contribution in [2.24, 2.45) is 5.92 Å². The van der Waals surface area contributed by atoms with Crippen molar-refractivity contribution in [2.75, 3.05) is 5.75 Å². The molecule has 1 amide bonds. The smallest absolute Gasteiger partial charge is 0.230 e. The largest absolute Gasteiger partial charge is 0.352 e. The summed E-state index contributed by atoms with van der Waals surface area (Å²) in [5, 5.41) is 13.5. The number of thioether (sulfide) groups is 2. The lowest BCUT2D eigenvalue weighted by molar-refractivity contribution is -0.119. The molecule has 7 nitrogen and oxygen atoms in total. The molecule has 4 rings (SSSR count). The van der Waals surface area contributed by atoms with Gasteiger partial charge in [0.2, 0.25) is 5.91 Å². The zero-order chi connectivity index (χ0) is 23.2. The number of carbonyl (C=O) groups is 1. The van der Waals surface area contributed by atoms with Gasteiger partial charge in [-0.1, -0.05) is 61.5 Å². The Kier molecular flexibility index (Phi) is 8.03. The van der Waals surface area contributed by atoms with Crippen molar-refractivity contribution in [3.8, 4) is 5.69 Å². The second kappa shape index (κ2) is 11.2. The Balaban J connectivity index is 1.47. The van der Waals surface area contributed by atoms with Gasteiger partial charge >= 0.3 is 0 Å². The Hall–Kier alpha value is -2.39. The van der Waals surface area contributed by atoms with Crippen LogP contribution >= 0.6 is 23.5 Å². The average Bonchev–Trinajstić information content (AvgIpc) is 3.21. The molecule has 2 heterocycles. The third kappa shape index (κ3) is 6.35. The van der Waals surface area contributed by atoms with Crippen LogP contribution in [0.5, 0.6) is 0 Å². The predicted octanol–water partition coefficient (Wildman–Crippen LogP) is 4.75. The molecule has 0 saturated heterocycles. The Morgan fingerprint density at radius 2 is 1.79 bits per heavy atom. The van der Waals surface area contributed by atoms with Crippen LogP contribution in [0.1, 0.15) is 49.8 Å². The lowest BCUT2D eigenvalue weighted by Gasteiger charge is -2.29. The minimum absolute atomic E-state index is 0.0564. The van der Waals surface area contributed by atoms with E-state index in [0.29, 0.717) is 22.6 Å². The van der Waals surface area contributed by atoms with Crippen LogP contribution < -0.4 is 5.32 Å². The van der Waals surface area contributed by atoms with Crippen LogP contribution in [-0.2, 0) is 10.5 Å². The number of hydrogen-bond acceptors (Lipinski definition) is 7. The number of benzene rings is 1. The Bertz CT molecular complexity index is 1070. The fraction of sp³-hybridized carbons (Fsp3) is 0.458. The summed E-state index contributed by atoms with van der Waals surface area (Å²) < 4.78 is 2.02. The first-order valence-electron chi connectivity index (χ1n) is 11.4. The van der Waals surface area contributed by atoms with Gasteiger partial charge in [0.15, 0.2) is 10.3 Å². The number of amides is 1. The molecule has 33 heavy (non-hydrogen) atoms. The summed E-state index contributed by atoms with van der Waals surface area (Å²) in [6, 6.07) is 12.3. The molecule has 0 unspecified atom stereocenters. The summed E-state index contributed by atoms with van der Waals surface area (Å²) in [6.07, 6.45) is 4.71. The quantitative estimate of drug-likeness (QED) is 0.366. The molecular weight excluding hydrogens is 452 g/mol. The van der Waals surface area contributed by atoms with Crippen molar-refractivity contribution in [1.82, 2.24) is 30.0 Å². The molecule has 3 aromatic rings. The molecule has 0 radical (unpaired) electrons. The van der Waals surface area contributed by atoms with E-state index in [0.717, 1.165) is 34.5 Å². The van der Waals surface area contributed by atoms with Crippen molar-refractivity contribution in [2.45, 2.75) is 68.6 Å². The van der Waals surface area contributed by atoms with Gasteiger partial charge in [0, 0.05) is 23.1 Å². The average molecular weight is 483 g/mol. The number of rotatable bonds is 8. The van der Waals surface area contributed by atoms with Gasteiger partial charge in [-0.2, -0.15) is 0 Å². The normalized spacial score (nSPS) is 18.3. The van der Waals surface area contributed by atoms with Crippen LogP contribution in [-0.4, -0.2) is 42.4 Å². The van der Waals surface area contributed by atoms with Crippen LogP contribution in [0.25, 0.3) is 5.69 Å². The van der Waals surface area contributed by atoms with Crippen molar-refractivity contribution in [1.29, 1.82) is 0 Å². The van der Waals surface area contributed by atoms with Gasteiger partial charge in [-0.15, -0.1) is 10.2 Å². The van der Waals surface area contributed by atoms with Crippen molar-refractivity contribution in [3.05, 3.63) is 53.6 Å². The first kappa shape index (κ1) is 23.8. The molecule has 2 aromatic heterocycles. The van der Waals surface area contributed by atoms with Gasteiger partial charge in [-0.05, 0) is 50.8 Å². The predicted molar refractivity (Wildman–Crippen MR) is 133 cm³/mol. The third-order valence-electron chi connectivity index (χ3n) is 5.80. The second-order valence-electron chi connectivity index (χ2n) is 8.52. The zero-order valence-electron chi connectivity index (χ0n) is 19.3. The summed E-state index contributed by atoms with van der Waals surface area (Å²) in [7, 11) is 0. The number of aryl methyl sites for hydroxylation is 2. The summed E-state index contributed by atoms with van der Waals surface area (Å²) >= 11 is 2.96. The first-order chi connectivity index (χ1) is 16.0. The maximum absolute atomic E-state index is 12.6. The SMILES string of the molecule is Cc1cc(C)nc(SCc2nnc(SCC(=O)N[C@@H]3CCCC[C@H]3C)n2-c2ccccc2)n1. The second-order valence-corrected chi connectivity index (χ2v) is 10.4. The Morgan fingerprint density at radius 3 is 2.52 bits per heavy atom. The topological polar surface area (TPSA) is 85.6 Å². The molecule has 1 saturated carbocycles. The van der Waals surface area contributed by atoms with Crippen LogP contribution in [0, 0.1) is 19.8 Å². The molecule has 174 valence electrons. The molecule has 1 aliphatic rings. The molecular formula is C24H30N6OS2. The van der Waals surface area contributed by atoms with Crippen LogP contribution in [0.15, 0.2) is 46.7 Å². The molecule has 2 atom stereocenters. The van der Waals surface area contributed by atoms with Gasteiger partial charge in [-0.25, -0.2) is 9.97 Å². The lowest BCUT2D eigenvalue weighted by atomic mass is 9.86. The number of hydrogen-bond donors (Lipinski definition) is 1. The number of nitrogens with one attached hydrogen (secondary N) is 1. The first-order valence-corrected chi connectivity index (χ1v) is 13.3. The number of para-hydroxylation sites is 1. The molecule has 0 bridgehead atoms. The highest BCUT2D eigenvalue weighted by molar-refractivity contribution is 7.99. The van der Waals surface area contributed by atoms with E-state index in [-0.39, 0.29) is 11.9 Å². The van der Waals surface area contributed by atoms with E-state index in [4.69, 9.17) is 0 Å². The van der Waals surface area contributed by atoms with E-state index in [9.17, 15) is 4.79 Å². The molecule has 1 fully saturated rings. The van der Waals surface area contributed by atoms with E-state index < -0.39 is 0 Å². The Morgan fingerprint density at radius 1 is 1.06 bits per heavy atom. The number of aromatic nitrogens is 5. The summed E-state index contributed by atoms with van der Waals surface area (Å²) in [6.45, 7) is 6.17. The zero-order valence-corrected chi connectivity index (χ0v) is 21.0. The maximum Gasteiger partial charge on any atom is 0.230 e. The Labute approximate surface area is 203 Å². The highest BCUT2D eigenvalue weighted by Gasteiger charge is 2.23. The fourth-order valence-electron chi connectivity index (χ4n) is 4.12. The summed E-state index contributed by atoms with van der Waals surface area (Å²) in [5.41, 5.74) is 2.87. The number of nitrogens with zero attached hydrogens (tertiary/aromatic N) is 5. The molecule has 1 N–H and O–H groups in total. The van der Waals surface area contributed by atoms with Crippen LogP contribution in [0.2, 0.25) is 0 Å². The van der Waals surface area contributed by atoms with Gasteiger partial charge in [0.05, 0.1) is 11.5 Å². The highest BCUT2D eigenvalue weighted by Crippen LogP contribution is 2.27. The molecule has 1 aromatic carbocycles. The third-order valence-corrected chi connectivity index (χ3v) is 7.57. The van der Waals surface area contributed by atoms with Gasteiger partial charge in [0.1, 0.15) is 5.82 Å². The summed E-state index contributed by atoms with van der Waals surface area (Å²) in [5.74, 6) is 2.30. The van der Waals surface area contributed by atoms with Crippen molar-refractivity contribution >= 4 is 29.4 Å². The van der Waals surface area contributed by atoms with E-state index >= 15 is 0 Å². The van der Waals surface area contributed by atoms with Gasteiger partial charge in [0.25, 0.3) is 0 Å². The van der Waals surface area contributed by atoms with Crippen molar-refractivity contribution in [3.63, 3.8) is 0 Å².